The van der Waals surface area contributed by atoms with Crippen molar-refractivity contribution in [2.75, 3.05) is 0 Å². The second-order valence-electron chi connectivity index (χ2n) is 4.31. The highest BCUT2D eigenvalue weighted by Crippen LogP contribution is 2.33. The molecule has 2 N–H and O–H groups in total. The Morgan fingerprint density at radius 2 is 2.05 bits per heavy atom. The molecule has 0 fully saturated rings. The number of allylic oxidation sites excluding steroid dienone is 1. The van der Waals surface area contributed by atoms with Crippen LogP contribution in [0.2, 0.25) is 0 Å². The van der Waals surface area contributed by atoms with Crippen molar-refractivity contribution in [2.45, 2.75) is 19.1 Å². The SMILES string of the molecule is CC1=C(C#N)C(c2cccc(C(F)(F)F)c2)NC(=O)N1. The topological polar surface area (TPSA) is 64.9 Å². The van der Waals surface area contributed by atoms with Crippen LogP contribution in [0.25, 0.3) is 0 Å². The Kier molecular flexibility index (Phi) is 3.40. The zero-order valence-electron chi connectivity index (χ0n) is 10.4. The first-order valence-corrected chi connectivity index (χ1v) is 5.68. The maximum absolute atomic E-state index is 12.7. The van der Waals surface area contributed by atoms with Crippen molar-refractivity contribution in [2.24, 2.45) is 0 Å². The summed E-state index contributed by atoms with van der Waals surface area (Å²) in [6.45, 7) is 1.53. The summed E-state index contributed by atoms with van der Waals surface area (Å²) in [6, 6.07) is 5.03. The van der Waals surface area contributed by atoms with Crippen molar-refractivity contribution in [3.05, 3.63) is 46.7 Å². The van der Waals surface area contributed by atoms with Gasteiger partial charge in [0.25, 0.3) is 0 Å². The molecule has 0 aliphatic carbocycles. The number of nitriles is 1. The molecule has 2 rings (SSSR count). The van der Waals surface area contributed by atoms with Gasteiger partial charge in [0, 0.05) is 5.70 Å². The lowest BCUT2D eigenvalue weighted by molar-refractivity contribution is -0.137. The molecule has 0 spiro atoms. The van der Waals surface area contributed by atoms with Crippen LogP contribution in [-0.2, 0) is 6.18 Å². The van der Waals surface area contributed by atoms with E-state index in [1.807, 2.05) is 6.07 Å². The van der Waals surface area contributed by atoms with Gasteiger partial charge in [0.15, 0.2) is 0 Å². The highest BCUT2D eigenvalue weighted by Gasteiger charge is 2.32. The molecule has 1 heterocycles. The molecule has 1 unspecified atom stereocenters. The van der Waals surface area contributed by atoms with Gasteiger partial charge in [-0.3, -0.25) is 0 Å². The predicted molar refractivity (Wildman–Crippen MR) is 64.2 cm³/mol. The summed E-state index contributed by atoms with van der Waals surface area (Å²) >= 11 is 0. The van der Waals surface area contributed by atoms with E-state index in [0.717, 1.165) is 12.1 Å². The van der Waals surface area contributed by atoms with Gasteiger partial charge in [-0.05, 0) is 24.6 Å². The lowest BCUT2D eigenvalue weighted by atomic mass is 9.95. The van der Waals surface area contributed by atoms with Gasteiger partial charge in [-0.1, -0.05) is 12.1 Å². The summed E-state index contributed by atoms with van der Waals surface area (Å²) < 4.78 is 38.1. The van der Waals surface area contributed by atoms with E-state index in [9.17, 15) is 18.0 Å². The van der Waals surface area contributed by atoms with Gasteiger partial charge in [-0.15, -0.1) is 0 Å². The van der Waals surface area contributed by atoms with Crippen molar-refractivity contribution in [1.29, 1.82) is 5.26 Å². The number of hydrogen-bond acceptors (Lipinski definition) is 2. The maximum atomic E-state index is 12.7. The summed E-state index contributed by atoms with van der Waals surface area (Å²) in [4.78, 5) is 11.4. The average Bonchev–Trinajstić information content (AvgIpc) is 2.37. The Morgan fingerprint density at radius 1 is 1.35 bits per heavy atom. The Morgan fingerprint density at radius 3 is 2.65 bits per heavy atom. The van der Waals surface area contributed by atoms with Gasteiger partial charge in [0.2, 0.25) is 0 Å². The van der Waals surface area contributed by atoms with Crippen molar-refractivity contribution in [3.8, 4) is 6.07 Å². The number of amides is 2. The number of hydrogen-bond donors (Lipinski definition) is 2. The van der Waals surface area contributed by atoms with E-state index in [1.54, 1.807) is 0 Å². The third-order valence-electron chi connectivity index (χ3n) is 2.94. The van der Waals surface area contributed by atoms with Gasteiger partial charge < -0.3 is 10.6 Å². The summed E-state index contributed by atoms with van der Waals surface area (Å²) in [5.74, 6) is 0. The van der Waals surface area contributed by atoms with E-state index < -0.39 is 23.8 Å². The van der Waals surface area contributed by atoms with Gasteiger partial charge in [-0.2, -0.15) is 18.4 Å². The zero-order valence-corrected chi connectivity index (χ0v) is 10.4. The van der Waals surface area contributed by atoms with Crippen LogP contribution < -0.4 is 10.6 Å². The molecule has 104 valence electrons. The molecule has 4 nitrogen and oxygen atoms in total. The fourth-order valence-corrected chi connectivity index (χ4v) is 1.99. The van der Waals surface area contributed by atoms with E-state index in [1.165, 1.54) is 19.1 Å². The van der Waals surface area contributed by atoms with E-state index in [0.29, 0.717) is 5.70 Å². The number of nitrogens with one attached hydrogen (secondary N) is 2. The van der Waals surface area contributed by atoms with E-state index in [2.05, 4.69) is 10.6 Å². The number of urea groups is 1. The lowest BCUT2D eigenvalue weighted by Crippen LogP contribution is -2.43. The summed E-state index contributed by atoms with van der Waals surface area (Å²) in [6.07, 6.45) is -4.47. The molecule has 0 saturated carbocycles. The highest BCUT2D eigenvalue weighted by atomic mass is 19.4. The molecular formula is C13H10F3N3O. The number of halogens is 3. The predicted octanol–water partition coefficient (Wildman–Crippen LogP) is 2.86. The Balaban J connectivity index is 2.48. The van der Waals surface area contributed by atoms with Gasteiger partial charge in [-0.25, -0.2) is 4.79 Å². The molecule has 1 aromatic rings. The minimum absolute atomic E-state index is 0.184. The van der Waals surface area contributed by atoms with E-state index >= 15 is 0 Å². The fourth-order valence-electron chi connectivity index (χ4n) is 1.99. The lowest BCUT2D eigenvalue weighted by Gasteiger charge is -2.26. The normalized spacial score (nSPS) is 19.1. The monoisotopic (exact) mass is 281 g/mol. The Labute approximate surface area is 112 Å². The molecule has 0 aromatic heterocycles. The molecular weight excluding hydrogens is 271 g/mol. The minimum Gasteiger partial charge on any atom is -0.326 e. The number of carbonyl (C=O) groups is 1. The second-order valence-corrected chi connectivity index (χ2v) is 4.31. The number of carbonyl (C=O) groups excluding carboxylic acids is 1. The van der Waals surface area contributed by atoms with E-state index in [-0.39, 0.29) is 11.1 Å². The van der Waals surface area contributed by atoms with Crippen molar-refractivity contribution in [1.82, 2.24) is 10.6 Å². The van der Waals surface area contributed by atoms with Gasteiger partial charge in [0.1, 0.15) is 0 Å². The average molecular weight is 281 g/mol. The first-order valence-electron chi connectivity index (χ1n) is 5.68. The summed E-state index contributed by atoms with van der Waals surface area (Å²) in [5, 5.41) is 13.9. The first kappa shape index (κ1) is 13.9. The van der Waals surface area contributed by atoms with Crippen LogP contribution in [0, 0.1) is 11.3 Å². The molecule has 2 amide bonds. The molecule has 20 heavy (non-hydrogen) atoms. The van der Waals surface area contributed by atoms with Gasteiger partial charge in [0.05, 0.1) is 23.2 Å². The molecule has 0 bridgehead atoms. The first-order chi connectivity index (χ1) is 9.32. The van der Waals surface area contributed by atoms with Crippen LogP contribution in [0.4, 0.5) is 18.0 Å². The molecule has 0 saturated heterocycles. The van der Waals surface area contributed by atoms with Crippen LogP contribution >= 0.6 is 0 Å². The van der Waals surface area contributed by atoms with Crippen LogP contribution in [0.15, 0.2) is 35.5 Å². The number of rotatable bonds is 1. The van der Waals surface area contributed by atoms with Crippen molar-refractivity contribution < 1.29 is 18.0 Å². The largest absolute Gasteiger partial charge is 0.416 e. The summed E-state index contributed by atoms with van der Waals surface area (Å²) in [5.41, 5.74) is -0.0918. The highest BCUT2D eigenvalue weighted by molar-refractivity contribution is 5.79. The van der Waals surface area contributed by atoms with Crippen LogP contribution in [0.1, 0.15) is 24.1 Å². The molecule has 1 aromatic carbocycles. The van der Waals surface area contributed by atoms with Crippen molar-refractivity contribution >= 4 is 6.03 Å². The second kappa shape index (κ2) is 4.89. The van der Waals surface area contributed by atoms with E-state index in [4.69, 9.17) is 5.26 Å². The maximum Gasteiger partial charge on any atom is 0.416 e. The van der Waals surface area contributed by atoms with Gasteiger partial charge >= 0.3 is 12.2 Å². The number of nitrogens with zero attached hydrogens (tertiary/aromatic N) is 1. The zero-order chi connectivity index (χ0) is 14.9. The number of alkyl halides is 3. The fraction of sp³-hybridized carbons (Fsp3) is 0.231. The summed E-state index contributed by atoms with van der Waals surface area (Å²) in [7, 11) is 0. The van der Waals surface area contributed by atoms with Crippen LogP contribution in [0.3, 0.4) is 0 Å². The Hall–Kier alpha value is -2.49. The molecule has 1 aliphatic heterocycles. The van der Waals surface area contributed by atoms with Crippen LogP contribution in [-0.4, -0.2) is 6.03 Å². The molecule has 1 aliphatic rings. The number of benzene rings is 1. The third-order valence-corrected chi connectivity index (χ3v) is 2.94. The molecule has 0 radical (unpaired) electrons. The third kappa shape index (κ3) is 2.59. The smallest absolute Gasteiger partial charge is 0.326 e. The van der Waals surface area contributed by atoms with Crippen molar-refractivity contribution in [3.63, 3.8) is 0 Å². The molecule has 1 atom stereocenters. The molecule has 7 heteroatoms. The quantitative estimate of drug-likeness (QED) is 0.831. The standard InChI is InChI=1S/C13H10F3N3O/c1-7-10(6-17)11(19-12(20)18-7)8-3-2-4-9(5-8)13(14,15)16/h2-5,11H,1H3,(H2,18,19,20). The van der Waals surface area contributed by atoms with Crippen LogP contribution in [0.5, 0.6) is 0 Å². The minimum atomic E-state index is -4.47. The Bertz CT molecular complexity index is 628.